The minimum Gasteiger partial charge on any atom is -0.490 e. The van der Waals surface area contributed by atoms with Crippen LogP contribution in [0.1, 0.15) is 25.3 Å². The average Bonchev–Trinajstić information content (AvgIpc) is 2.77. The van der Waals surface area contributed by atoms with Gasteiger partial charge < -0.3 is 19.7 Å². The Kier molecular flexibility index (Phi) is 4.83. The van der Waals surface area contributed by atoms with Crippen LogP contribution in [0.3, 0.4) is 0 Å². The van der Waals surface area contributed by atoms with Gasteiger partial charge in [0.2, 0.25) is 5.91 Å². The van der Waals surface area contributed by atoms with Crippen LogP contribution in [0.2, 0.25) is 0 Å². The van der Waals surface area contributed by atoms with Gasteiger partial charge in [0.25, 0.3) is 0 Å². The average molecular weight is 304 g/mol. The summed E-state index contributed by atoms with van der Waals surface area (Å²) in [6.45, 7) is 6.00. The van der Waals surface area contributed by atoms with Crippen LogP contribution in [0, 0.1) is 0 Å². The molecular weight excluding hydrogens is 280 g/mol. The van der Waals surface area contributed by atoms with E-state index in [4.69, 9.17) is 9.47 Å². The highest BCUT2D eigenvalue weighted by Gasteiger charge is 2.20. The molecule has 0 radical (unpaired) electrons. The molecular formula is C17H24N2O3. The summed E-state index contributed by atoms with van der Waals surface area (Å²) in [5.41, 5.74) is 1.13. The molecule has 0 spiro atoms. The molecule has 0 aromatic heterocycles. The molecule has 0 bridgehead atoms. The van der Waals surface area contributed by atoms with Crippen LogP contribution in [0.5, 0.6) is 11.5 Å². The summed E-state index contributed by atoms with van der Waals surface area (Å²) in [5.74, 6) is 1.85. The summed E-state index contributed by atoms with van der Waals surface area (Å²) in [6.07, 6.45) is 2.20. The van der Waals surface area contributed by atoms with E-state index in [1.807, 2.05) is 23.1 Å². The third-order valence-corrected chi connectivity index (χ3v) is 4.16. The normalized spacial score (nSPS) is 21.3. The van der Waals surface area contributed by atoms with Gasteiger partial charge in [-0.1, -0.05) is 6.07 Å². The molecule has 5 nitrogen and oxygen atoms in total. The first kappa shape index (κ1) is 15.2. The highest BCUT2D eigenvalue weighted by atomic mass is 16.5. The van der Waals surface area contributed by atoms with Crippen molar-refractivity contribution >= 4 is 5.91 Å². The van der Waals surface area contributed by atoms with Crippen molar-refractivity contribution in [3.8, 4) is 11.5 Å². The lowest BCUT2D eigenvalue weighted by Crippen LogP contribution is -2.51. The Hall–Kier alpha value is -1.75. The van der Waals surface area contributed by atoms with E-state index >= 15 is 0 Å². The minimum atomic E-state index is 0.237. The zero-order valence-corrected chi connectivity index (χ0v) is 13.1. The van der Waals surface area contributed by atoms with Crippen molar-refractivity contribution in [3.05, 3.63) is 23.8 Å². The predicted octanol–water partition coefficient (Wildman–Crippen LogP) is 1.60. The van der Waals surface area contributed by atoms with Crippen molar-refractivity contribution < 1.29 is 14.3 Å². The Bertz CT molecular complexity index is 533. The van der Waals surface area contributed by atoms with Crippen molar-refractivity contribution in [1.29, 1.82) is 0 Å². The molecule has 1 saturated heterocycles. The van der Waals surface area contributed by atoms with Gasteiger partial charge >= 0.3 is 0 Å². The molecule has 1 N–H and O–H groups in total. The van der Waals surface area contributed by atoms with Crippen molar-refractivity contribution in [2.45, 2.75) is 32.2 Å². The molecule has 1 amide bonds. The van der Waals surface area contributed by atoms with Gasteiger partial charge in [-0.05, 0) is 31.0 Å². The molecule has 120 valence electrons. The number of fused-ring (bicyclic) bond motifs is 1. The number of hydrogen-bond acceptors (Lipinski definition) is 4. The van der Waals surface area contributed by atoms with Gasteiger partial charge in [-0.25, -0.2) is 0 Å². The molecule has 0 unspecified atom stereocenters. The Morgan fingerprint density at radius 3 is 2.95 bits per heavy atom. The molecule has 2 aliphatic rings. The van der Waals surface area contributed by atoms with Gasteiger partial charge in [0, 0.05) is 38.5 Å². The summed E-state index contributed by atoms with van der Waals surface area (Å²) in [6, 6.07) is 6.37. The first-order valence-corrected chi connectivity index (χ1v) is 8.12. The van der Waals surface area contributed by atoms with Crippen molar-refractivity contribution in [2.24, 2.45) is 0 Å². The largest absolute Gasteiger partial charge is 0.490 e. The van der Waals surface area contributed by atoms with Gasteiger partial charge in [-0.2, -0.15) is 0 Å². The second-order valence-corrected chi connectivity index (χ2v) is 6.03. The predicted molar refractivity (Wildman–Crippen MR) is 84.4 cm³/mol. The topological polar surface area (TPSA) is 50.8 Å². The van der Waals surface area contributed by atoms with E-state index in [1.54, 1.807) is 0 Å². The number of rotatable bonds is 3. The van der Waals surface area contributed by atoms with E-state index in [0.29, 0.717) is 25.7 Å². The Morgan fingerprint density at radius 2 is 2.14 bits per heavy atom. The summed E-state index contributed by atoms with van der Waals surface area (Å²) < 4.78 is 11.3. The van der Waals surface area contributed by atoms with E-state index in [9.17, 15) is 4.79 Å². The first-order chi connectivity index (χ1) is 10.7. The highest BCUT2D eigenvalue weighted by molar-refractivity contribution is 5.76. The van der Waals surface area contributed by atoms with Crippen LogP contribution >= 0.6 is 0 Å². The molecule has 1 aromatic rings. The van der Waals surface area contributed by atoms with E-state index in [0.717, 1.165) is 49.5 Å². The number of hydrogen-bond donors (Lipinski definition) is 1. The van der Waals surface area contributed by atoms with Crippen LogP contribution in [-0.4, -0.2) is 49.7 Å². The Labute approximate surface area is 131 Å². The molecule has 2 heterocycles. The lowest BCUT2D eigenvalue weighted by molar-refractivity contribution is -0.132. The van der Waals surface area contributed by atoms with Gasteiger partial charge in [0.15, 0.2) is 11.5 Å². The number of nitrogens with one attached hydrogen (secondary N) is 1. The fourth-order valence-corrected chi connectivity index (χ4v) is 2.93. The highest BCUT2D eigenvalue weighted by Crippen LogP contribution is 2.30. The molecule has 1 fully saturated rings. The molecule has 0 aliphatic carbocycles. The van der Waals surface area contributed by atoms with Crippen LogP contribution in [0.25, 0.3) is 0 Å². The molecule has 1 aromatic carbocycles. The zero-order chi connectivity index (χ0) is 15.4. The molecule has 3 rings (SSSR count). The quantitative estimate of drug-likeness (QED) is 0.921. The van der Waals surface area contributed by atoms with Crippen molar-refractivity contribution in [1.82, 2.24) is 10.2 Å². The number of benzene rings is 1. The third kappa shape index (κ3) is 3.71. The summed E-state index contributed by atoms with van der Waals surface area (Å²) in [7, 11) is 0. The number of carbonyl (C=O) groups excluding carboxylic acids is 1. The van der Waals surface area contributed by atoms with Crippen LogP contribution in [-0.2, 0) is 11.2 Å². The molecule has 5 heteroatoms. The SMILES string of the molecule is C[C@H]1CN(C(=O)CCc2ccc3c(c2)OCCCO3)CCN1. The second-order valence-electron chi connectivity index (χ2n) is 6.03. The maximum Gasteiger partial charge on any atom is 0.222 e. The number of aryl methyl sites for hydroxylation is 1. The fraction of sp³-hybridized carbons (Fsp3) is 0.588. The van der Waals surface area contributed by atoms with Crippen LogP contribution in [0.15, 0.2) is 18.2 Å². The fourth-order valence-electron chi connectivity index (χ4n) is 2.93. The van der Waals surface area contributed by atoms with E-state index in [-0.39, 0.29) is 5.91 Å². The monoisotopic (exact) mass is 304 g/mol. The number of nitrogens with zero attached hydrogens (tertiary/aromatic N) is 1. The molecule has 2 aliphatic heterocycles. The standard InChI is InChI=1S/C17H24N2O3/c1-13-12-19(8-7-18-13)17(20)6-4-14-3-5-15-16(11-14)22-10-2-9-21-15/h3,5,11,13,18H,2,4,6-10,12H2,1H3/t13-/m0/s1. The maximum atomic E-state index is 12.3. The van der Waals surface area contributed by atoms with Gasteiger partial charge in [-0.3, -0.25) is 4.79 Å². The first-order valence-electron chi connectivity index (χ1n) is 8.12. The number of amides is 1. The maximum absolute atomic E-state index is 12.3. The summed E-state index contributed by atoms with van der Waals surface area (Å²) >= 11 is 0. The van der Waals surface area contributed by atoms with E-state index < -0.39 is 0 Å². The van der Waals surface area contributed by atoms with E-state index in [2.05, 4.69) is 12.2 Å². The zero-order valence-electron chi connectivity index (χ0n) is 13.1. The van der Waals surface area contributed by atoms with Gasteiger partial charge in [-0.15, -0.1) is 0 Å². The van der Waals surface area contributed by atoms with Crippen molar-refractivity contribution in [2.75, 3.05) is 32.8 Å². The molecule has 22 heavy (non-hydrogen) atoms. The molecule has 0 saturated carbocycles. The smallest absolute Gasteiger partial charge is 0.222 e. The third-order valence-electron chi connectivity index (χ3n) is 4.16. The van der Waals surface area contributed by atoms with Crippen LogP contribution in [0.4, 0.5) is 0 Å². The van der Waals surface area contributed by atoms with E-state index in [1.165, 1.54) is 0 Å². The summed E-state index contributed by atoms with van der Waals surface area (Å²) in [5, 5.41) is 3.36. The lowest BCUT2D eigenvalue weighted by Gasteiger charge is -2.32. The number of carbonyl (C=O) groups is 1. The number of piperazine rings is 1. The Morgan fingerprint density at radius 1 is 1.32 bits per heavy atom. The second kappa shape index (κ2) is 7.01. The Balaban J connectivity index is 1.57. The van der Waals surface area contributed by atoms with Crippen LogP contribution < -0.4 is 14.8 Å². The van der Waals surface area contributed by atoms with Gasteiger partial charge in [0.05, 0.1) is 13.2 Å². The molecule has 1 atom stereocenters. The number of ether oxygens (including phenoxy) is 2. The minimum absolute atomic E-state index is 0.237. The lowest BCUT2D eigenvalue weighted by atomic mass is 10.1. The van der Waals surface area contributed by atoms with Gasteiger partial charge in [0.1, 0.15) is 0 Å². The van der Waals surface area contributed by atoms with Crippen molar-refractivity contribution in [3.63, 3.8) is 0 Å². The summed E-state index contributed by atoms with van der Waals surface area (Å²) in [4.78, 5) is 14.3.